The second-order valence-electron chi connectivity index (χ2n) is 8.40. The van der Waals surface area contributed by atoms with E-state index in [2.05, 4.69) is 20.8 Å². The Balaban J connectivity index is 1.81. The predicted molar refractivity (Wildman–Crippen MR) is 147 cm³/mol. The zero-order valence-corrected chi connectivity index (χ0v) is 21.6. The number of nitriles is 1. The van der Waals surface area contributed by atoms with E-state index < -0.39 is 25.0 Å². The van der Waals surface area contributed by atoms with Gasteiger partial charge in [-0.2, -0.15) is 13.7 Å². The van der Waals surface area contributed by atoms with Crippen molar-refractivity contribution in [3.63, 3.8) is 0 Å². The minimum absolute atomic E-state index is 0.113. The highest BCUT2D eigenvalue weighted by molar-refractivity contribution is 7.92. The van der Waals surface area contributed by atoms with Gasteiger partial charge in [-0.25, -0.2) is 18.4 Å². The fourth-order valence-corrected chi connectivity index (χ4v) is 5.77. The number of nitrogen functional groups attached to an aromatic ring is 1. The Bertz CT molecular complexity index is 1990. The predicted octanol–water partition coefficient (Wildman–Crippen LogP) is 4.47. The highest BCUT2D eigenvalue weighted by atomic mass is 32.2. The van der Waals surface area contributed by atoms with Crippen LogP contribution in [0.15, 0.2) is 101 Å². The van der Waals surface area contributed by atoms with Gasteiger partial charge in [-0.05, 0) is 42.0 Å². The maximum atomic E-state index is 13.2. The molecule has 0 bridgehead atoms. The zero-order chi connectivity index (χ0) is 27.8. The number of fused-ring (bicyclic) bond motifs is 1. The lowest BCUT2D eigenvalue weighted by molar-refractivity contribution is 0.483. The van der Waals surface area contributed by atoms with Crippen LogP contribution in [-0.2, 0) is 20.1 Å². The van der Waals surface area contributed by atoms with E-state index in [1.165, 1.54) is 42.5 Å². The third-order valence-corrected chi connectivity index (χ3v) is 8.14. The molecule has 0 fully saturated rings. The molecule has 5 rings (SSSR count). The summed E-state index contributed by atoms with van der Waals surface area (Å²) in [6.07, 6.45) is 0. The van der Waals surface area contributed by atoms with Crippen molar-refractivity contribution >= 4 is 42.7 Å². The summed E-state index contributed by atoms with van der Waals surface area (Å²) in [6.45, 7) is 0. The SMILES string of the molecule is N#Cc1c(-c2ccccc2)ccc2nc(NS(=O)(=O)c3ccc(N)cc3)c(-c3ccccc3S(=O)(=O)O)nc12. The average Bonchev–Trinajstić information content (AvgIpc) is 2.92. The molecule has 0 spiro atoms. The summed E-state index contributed by atoms with van der Waals surface area (Å²) < 4.78 is 63.1. The maximum absolute atomic E-state index is 13.2. The number of anilines is 2. The minimum atomic E-state index is -4.74. The number of rotatable bonds is 6. The van der Waals surface area contributed by atoms with Gasteiger partial charge in [-0.1, -0.05) is 54.6 Å². The molecule has 0 saturated carbocycles. The van der Waals surface area contributed by atoms with Gasteiger partial charge in [0.1, 0.15) is 22.2 Å². The van der Waals surface area contributed by atoms with Gasteiger partial charge in [0.15, 0.2) is 5.82 Å². The monoisotopic (exact) mass is 557 g/mol. The molecule has 4 N–H and O–H groups in total. The third kappa shape index (κ3) is 5.01. The van der Waals surface area contributed by atoms with Crippen molar-refractivity contribution in [2.75, 3.05) is 10.5 Å². The number of aromatic nitrogens is 2. The van der Waals surface area contributed by atoms with Crippen molar-refractivity contribution in [3.8, 4) is 28.5 Å². The molecule has 0 aliphatic rings. The Kier molecular flexibility index (Phi) is 6.49. The lowest BCUT2D eigenvalue weighted by Crippen LogP contribution is -2.16. The molecule has 10 nitrogen and oxygen atoms in total. The second-order valence-corrected chi connectivity index (χ2v) is 11.5. The molecule has 0 unspecified atom stereocenters. The number of nitrogens with zero attached hydrogens (tertiary/aromatic N) is 3. The van der Waals surface area contributed by atoms with E-state index in [9.17, 15) is 26.7 Å². The molecule has 0 saturated heterocycles. The maximum Gasteiger partial charge on any atom is 0.295 e. The Morgan fingerprint density at radius 2 is 1.46 bits per heavy atom. The number of nitrogens with one attached hydrogen (secondary N) is 1. The molecule has 194 valence electrons. The van der Waals surface area contributed by atoms with Crippen LogP contribution in [0.5, 0.6) is 0 Å². The van der Waals surface area contributed by atoms with Crippen LogP contribution < -0.4 is 10.5 Å². The van der Waals surface area contributed by atoms with Crippen LogP contribution in [0.4, 0.5) is 11.5 Å². The number of hydrogen-bond donors (Lipinski definition) is 3. The van der Waals surface area contributed by atoms with Crippen molar-refractivity contribution in [3.05, 3.63) is 96.6 Å². The van der Waals surface area contributed by atoms with E-state index >= 15 is 0 Å². The van der Waals surface area contributed by atoms with Gasteiger partial charge in [-0.3, -0.25) is 9.27 Å². The number of hydrogen-bond acceptors (Lipinski definition) is 8. The molecule has 39 heavy (non-hydrogen) atoms. The summed E-state index contributed by atoms with van der Waals surface area (Å²) in [6, 6.07) is 25.3. The van der Waals surface area contributed by atoms with Gasteiger partial charge in [0.2, 0.25) is 0 Å². The summed E-state index contributed by atoms with van der Waals surface area (Å²) >= 11 is 0. The average molecular weight is 558 g/mol. The Morgan fingerprint density at radius 1 is 0.795 bits per heavy atom. The van der Waals surface area contributed by atoms with Crippen LogP contribution in [0, 0.1) is 11.3 Å². The van der Waals surface area contributed by atoms with Gasteiger partial charge >= 0.3 is 0 Å². The van der Waals surface area contributed by atoms with Crippen LogP contribution in [0.1, 0.15) is 5.56 Å². The molecule has 0 atom stereocenters. The van der Waals surface area contributed by atoms with E-state index in [0.29, 0.717) is 11.3 Å². The lowest BCUT2D eigenvalue weighted by atomic mass is 9.98. The number of sulfonamides is 1. The quantitative estimate of drug-likeness (QED) is 0.201. The Hall–Kier alpha value is -4.83. The minimum Gasteiger partial charge on any atom is -0.399 e. The number of nitrogens with two attached hydrogens (primary N) is 1. The smallest absolute Gasteiger partial charge is 0.295 e. The normalized spacial score (nSPS) is 11.7. The summed E-state index contributed by atoms with van der Waals surface area (Å²) in [5.74, 6) is -0.299. The van der Waals surface area contributed by atoms with E-state index in [1.54, 1.807) is 12.1 Å². The van der Waals surface area contributed by atoms with Crippen molar-refractivity contribution in [1.82, 2.24) is 9.97 Å². The summed E-state index contributed by atoms with van der Waals surface area (Å²) in [5.41, 5.74) is 7.50. The second kappa shape index (κ2) is 9.80. The van der Waals surface area contributed by atoms with E-state index in [1.807, 2.05) is 30.3 Å². The van der Waals surface area contributed by atoms with Crippen molar-refractivity contribution in [1.29, 1.82) is 5.26 Å². The van der Waals surface area contributed by atoms with E-state index in [-0.39, 0.29) is 38.6 Å². The van der Waals surface area contributed by atoms with Gasteiger partial charge < -0.3 is 5.73 Å². The highest BCUT2D eigenvalue weighted by Gasteiger charge is 2.25. The molecule has 1 heterocycles. The first-order valence-electron chi connectivity index (χ1n) is 11.3. The van der Waals surface area contributed by atoms with Crippen LogP contribution in [0.2, 0.25) is 0 Å². The molecular formula is C27H19N5O5S2. The standard InChI is InChI=1S/C27H19N5O5S2/c28-16-22-20(17-6-2-1-3-7-17)14-15-23-25(22)31-26(21-8-4-5-9-24(21)39(35,36)37)27(30-23)32-38(33,34)19-12-10-18(29)11-13-19/h1-15H,29H2,(H,30,32)(H,35,36,37). The highest BCUT2D eigenvalue weighted by Crippen LogP contribution is 2.36. The molecule has 0 radical (unpaired) electrons. The van der Waals surface area contributed by atoms with Crippen molar-refractivity contribution in [2.45, 2.75) is 9.79 Å². The first-order valence-corrected chi connectivity index (χ1v) is 14.3. The van der Waals surface area contributed by atoms with E-state index in [4.69, 9.17) is 5.73 Å². The van der Waals surface area contributed by atoms with Gasteiger partial charge in [0.25, 0.3) is 20.1 Å². The summed E-state index contributed by atoms with van der Waals surface area (Å²) in [4.78, 5) is 8.37. The van der Waals surface area contributed by atoms with Gasteiger partial charge in [-0.15, -0.1) is 0 Å². The fourth-order valence-electron chi connectivity index (χ4n) is 4.07. The zero-order valence-electron chi connectivity index (χ0n) is 20.0. The van der Waals surface area contributed by atoms with Crippen LogP contribution in [-0.4, -0.2) is 31.4 Å². The largest absolute Gasteiger partial charge is 0.399 e. The third-order valence-electron chi connectivity index (χ3n) is 5.87. The molecule has 5 aromatic rings. The number of benzene rings is 4. The van der Waals surface area contributed by atoms with Gasteiger partial charge in [0.05, 0.1) is 16.0 Å². The van der Waals surface area contributed by atoms with E-state index in [0.717, 1.165) is 11.6 Å². The Labute approximate surface area is 224 Å². The first-order chi connectivity index (χ1) is 18.6. The summed E-state index contributed by atoms with van der Waals surface area (Å²) in [5, 5.41) is 10.1. The first kappa shape index (κ1) is 25.8. The van der Waals surface area contributed by atoms with Crippen LogP contribution in [0.3, 0.4) is 0 Å². The van der Waals surface area contributed by atoms with Crippen LogP contribution >= 0.6 is 0 Å². The molecule has 4 aromatic carbocycles. The van der Waals surface area contributed by atoms with Crippen molar-refractivity contribution in [2.24, 2.45) is 0 Å². The molecule has 1 aromatic heterocycles. The van der Waals surface area contributed by atoms with Crippen molar-refractivity contribution < 1.29 is 21.4 Å². The fraction of sp³-hybridized carbons (Fsp3) is 0. The summed E-state index contributed by atoms with van der Waals surface area (Å²) in [7, 11) is -8.97. The molecule has 0 amide bonds. The topological polar surface area (TPSA) is 176 Å². The van der Waals surface area contributed by atoms with Gasteiger partial charge in [0, 0.05) is 16.8 Å². The molecule has 12 heteroatoms. The molecule has 0 aliphatic heterocycles. The lowest BCUT2D eigenvalue weighted by Gasteiger charge is -2.15. The molecule has 0 aliphatic carbocycles. The molecular weight excluding hydrogens is 538 g/mol. The van der Waals surface area contributed by atoms with Crippen LogP contribution in [0.25, 0.3) is 33.4 Å². The Morgan fingerprint density at radius 3 is 2.13 bits per heavy atom.